The highest BCUT2D eigenvalue weighted by atomic mass is 16.3. The maximum Gasteiger partial charge on any atom is 0.0464 e. The molecule has 1 nitrogen and oxygen atoms in total. The van der Waals surface area contributed by atoms with Crippen molar-refractivity contribution in [2.24, 2.45) is 17.8 Å². The lowest BCUT2D eigenvalue weighted by Gasteiger charge is -2.41. The average molecular weight is 128 g/mol. The zero-order valence-corrected chi connectivity index (χ0v) is 6.30. The fourth-order valence-electron chi connectivity index (χ4n) is 1.89. The van der Waals surface area contributed by atoms with Gasteiger partial charge in [0.25, 0.3) is 0 Å². The van der Waals surface area contributed by atoms with Gasteiger partial charge < -0.3 is 5.11 Å². The van der Waals surface area contributed by atoms with Crippen LogP contribution in [0.15, 0.2) is 0 Å². The van der Waals surface area contributed by atoms with Crippen molar-refractivity contribution < 1.29 is 5.11 Å². The molecule has 0 aromatic rings. The summed E-state index contributed by atoms with van der Waals surface area (Å²) in [5.74, 6) is 2.22. The minimum Gasteiger partial charge on any atom is -0.396 e. The first-order valence-corrected chi connectivity index (χ1v) is 3.90. The lowest BCUT2D eigenvalue weighted by molar-refractivity contribution is 0.0268. The molecule has 54 valence electrons. The van der Waals surface area contributed by atoms with Gasteiger partial charge in [0.1, 0.15) is 0 Å². The van der Waals surface area contributed by atoms with Crippen molar-refractivity contribution in [2.45, 2.75) is 26.7 Å². The van der Waals surface area contributed by atoms with Crippen LogP contribution in [0.25, 0.3) is 0 Å². The highest BCUT2D eigenvalue weighted by Gasteiger charge is 2.35. The minimum atomic E-state index is 0.402. The Morgan fingerprint density at radius 1 is 1.56 bits per heavy atom. The quantitative estimate of drug-likeness (QED) is 0.599. The molecule has 1 fully saturated rings. The smallest absolute Gasteiger partial charge is 0.0464 e. The third kappa shape index (κ3) is 1.11. The Morgan fingerprint density at radius 2 is 2.22 bits per heavy atom. The lowest BCUT2D eigenvalue weighted by Crippen LogP contribution is -2.36. The van der Waals surface area contributed by atoms with Crippen LogP contribution in [0.5, 0.6) is 0 Å². The normalized spacial score (nSPS) is 42.3. The first-order chi connectivity index (χ1) is 4.29. The molecule has 0 radical (unpaired) electrons. The predicted molar refractivity (Wildman–Crippen MR) is 38.1 cm³/mol. The van der Waals surface area contributed by atoms with E-state index in [1.54, 1.807) is 0 Å². The molecule has 0 bridgehead atoms. The van der Waals surface area contributed by atoms with Crippen LogP contribution in [0.3, 0.4) is 0 Å². The van der Waals surface area contributed by atoms with Gasteiger partial charge in [0.05, 0.1) is 0 Å². The summed E-state index contributed by atoms with van der Waals surface area (Å²) < 4.78 is 0. The summed E-state index contributed by atoms with van der Waals surface area (Å²) in [5, 5.41) is 8.86. The van der Waals surface area contributed by atoms with E-state index < -0.39 is 0 Å². The maximum atomic E-state index is 8.86. The van der Waals surface area contributed by atoms with Gasteiger partial charge in [-0.1, -0.05) is 20.3 Å². The summed E-state index contributed by atoms with van der Waals surface area (Å²) in [4.78, 5) is 0. The third-order valence-electron chi connectivity index (χ3n) is 2.75. The molecule has 0 heterocycles. The molecule has 0 aromatic heterocycles. The van der Waals surface area contributed by atoms with E-state index in [9.17, 15) is 0 Å². The number of aliphatic hydroxyl groups excluding tert-OH is 1. The second kappa shape index (κ2) is 2.70. The SMILES string of the molecule is CCC1CC(C)C1CO. The molecule has 0 saturated heterocycles. The van der Waals surface area contributed by atoms with Gasteiger partial charge in [-0.2, -0.15) is 0 Å². The standard InChI is InChI=1S/C8H16O/c1-3-7-4-6(2)8(7)5-9/h6-9H,3-5H2,1-2H3. The maximum absolute atomic E-state index is 8.86. The largest absolute Gasteiger partial charge is 0.396 e. The molecule has 1 rings (SSSR count). The van der Waals surface area contributed by atoms with Crippen molar-refractivity contribution in [1.29, 1.82) is 0 Å². The van der Waals surface area contributed by atoms with Crippen LogP contribution >= 0.6 is 0 Å². The zero-order valence-electron chi connectivity index (χ0n) is 6.30. The van der Waals surface area contributed by atoms with Crippen LogP contribution in [0, 0.1) is 17.8 Å². The van der Waals surface area contributed by atoms with Crippen molar-refractivity contribution in [2.75, 3.05) is 6.61 Å². The van der Waals surface area contributed by atoms with Gasteiger partial charge in [0.2, 0.25) is 0 Å². The van der Waals surface area contributed by atoms with E-state index in [2.05, 4.69) is 13.8 Å². The van der Waals surface area contributed by atoms with E-state index in [4.69, 9.17) is 5.11 Å². The van der Waals surface area contributed by atoms with Crippen LogP contribution in [0.4, 0.5) is 0 Å². The van der Waals surface area contributed by atoms with Crippen LogP contribution in [0.2, 0.25) is 0 Å². The molecule has 0 aliphatic heterocycles. The Bertz CT molecular complexity index is 90.6. The summed E-state index contributed by atoms with van der Waals surface area (Å²) in [6, 6.07) is 0. The molecular formula is C8H16O. The molecule has 0 spiro atoms. The monoisotopic (exact) mass is 128 g/mol. The Labute approximate surface area is 57.1 Å². The fraction of sp³-hybridized carbons (Fsp3) is 1.00. The molecule has 1 aliphatic rings. The fourth-order valence-corrected chi connectivity index (χ4v) is 1.89. The predicted octanol–water partition coefficient (Wildman–Crippen LogP) is 1.66. The number of rotatable bonds is 2. The van der Waals surface area contributed by atoms with Crippen molar-refractivity contribution in [1.82, 2.24) is 0 Å². The van der Waals surface area contributed by atoms with Crippen LogP contribution in [-0.4, -0.2) is 11.7 Å². The summed E-state index contributed by atoms with van der Waals surface area (Å²) >= 11 is 0. The average Bonchev–Trinajstić information content (AvgIpc) is 1.83. The highest BCUT2D eigenvalue weighted by Crippen LogP contribution is 2.41. The van der Waals surface area contributed by atoms with Gasteiger partial charge in [-0.25, -0.2) is 0 Å². The third-order valence-corrected chi connectivity index (χ3v) is 2.75. The van der Waals surface area contributed by atoms with Crippen molar-refractivity contribution in [3.63, 3.8) is 0 Å². The van der Waals surface area contributed by atoms with E-state index >= 15 is 0 Å². The Kier molecular flexibility index (Phi) is 2.12. The van der Waals surface area contributed by atoms with Crippen molar-refractivity contribution in [3.05, 3.63) is 0 Å². The van der Waals surface area contributed by atoms with Crippen LogP contribution < -0.4 is 0 Å². The molecule has 0 amide bonds. The minimum absolute atomic E-state index is 0.402. The molecule has 0 aromatic carbocycles. The topological polar surface area (TPSA) is 20.2 Å². The van der Waals surface area contributed by atoms with Crippen LogP contribution in [0.1, 0.15) is 26.7 Å². The number of hydrogen-bond acceptors (Lipinski definition) is 1. The molecule has 1 aliphatic carbocycles. The Morgan fingerprint density at radius 3 is 2.44 bits per heavy atom. The Balaban J connectivity index is 2.29. The van der Waals surface area contributed by atoms with Gasteiger partial charge in [0, 0.05) is 6.61 Å². The lowest BCUT2D eigenvalue weighted by atomic mass is 9.65. The second-order valence-electron chi connectivity index (χ2n) is 3.23. The molecule has 3 atom stereocenters. The molecule has 1 N–H and O–H groups in total. The van der Waals surface area contributed by atoms with E-state index in [0.717, 1.165) is 11.8 Å². The molecule has 3 unspecified atom stereocenters. The molecule has 1 saturated carbocycles. The van der Waals surface area contributed by atoms with Crippen LogP contribution in [-0.2, 0) is 0 Å². The number of aliphatic hydroxyl groups is 1. The van der Waals surface area contributed by atoms with Gasteiger partial charge >= 0.3 is 0 Å². The second-order valence-corrected chi connectivity index (χ2v) is 3.23. The highest BCUT2D eigenvalue weighted by molar-refractivity contribution is 4.84. The van der Waals surface area contributed by atoms with Gasteiger partial charge in [-0.3, -0.25) is 0 Å². The zero-order chi connectivity index (χ0) is 6.85. The van der Waals surface area contributed by atoms with E-state index in [0.29, 0.717) is 12.5 Å². The summed E-state index contributed by atoms with van der Waals surface area (Å²) in [7, 11) is 0. The molecule has 9 heavy (non-hydrogen) atoms. The molecule has 1 heteroatoms. The molecular weight excluding hydrogens is 112 g/mol. The van der Waals surface area contributed by atoms with Gasteiger partial charge in [-0.15, -0.1) is 0 Å². The van der Waals surface area contributed by atoms with Gasteiger partial charge in [0.15, 0.2) is 0 Å². The number of hydrogen-bond donors (Lipinski definition) is 1. The summed E-state index contributed by atoms with van der Waals surface area (Å²) in [5.41, 5.74) is 0. The summed E-state index contributed by atoms with van der Waals surface area (Å²) in [6.07, 6.45) is 2.58. The van der Waals surface area contributed by atoms with Gasteiger partial charge in [-0.05, 0) is 24.2 Å². The Hall–Kier alpha value is -0.0400. The first kappa shape index (κ1) is 7.07. The van der Waals surface area contributed by atoms with E-state index in [-0.39, 0.29) is 0 Å². The van der Waals surface area contributed by atoms with E-state index in [1.807, 2.05) is 0 Å². The van der Waals surface area contributed by atoms with Crippen molar-refractivity contribution >= 4 is 0 Å². The van der Waals surface area contributed by atoms with E-state index in [1.165, 1.54) is 12.8 Å². The van der Waals surface area contributed by atoms with Crippen molar-refractivity contribution in [3.8, 4) is 0 Å². The first-order valence-electron chi connectivity index (χ1n) is 3.90. The summed E-state index contributed by atoms with van der Waals surface area (Å²) in [6.45, 7) is 4.84.